The lowest BCUT2D eigenvalue weighted by atomic mass is 9.73. The van der Waals surface area contributed by atoms with Gasteiger partial charge in [-0.25, -0.2) is 0 Å². The van der Waals surface area contributed by atoms with Crippen molar-refractivity contribution in [3.63, 3.8) is 0 Å². The van der Waals surface area contributed by atoms with Gasteiger partial charge in [0.1, 0.15) is 17.6 Å². The number of carbonyl (C=O) groups excluding carboxylic acids is 2. The summed E-state index contributed by atoms with van der Waals surface area (Å²) in [5.41, 5.74) is -0.964. The number of ether oxygens (including phenoxy) is 2. The van der Waals surface area contributed by atoms with E-state index < -0.39 is 10.8 Å². The molecule has 4 heteroatoms. The molecule has 6 unspecified atom stereocenters. The van der Waals surface area contributed by atoms with Crippen LogP contribution in [0.1, 0.15) is 67.2 Å². The van der Waals surface area contributed by atoms with Crippen LogP contribution >= 0.6 is 0 Å². The minimum Gasteiger partial charge on any atom is -0.461 e. The summed E-state index contributed by atoms with van der Waals surface area (Å²) in [5, 5.41) is 0. The SMILES string of the molecule is CC(C)(C)CC1(C(=O)OC2C3CC4OC(=O)C2(C)C4C3)CC1(C)C. The van der Waals surface area contributed by atoms with Crippen LogP contribution in [0.3, 0.4) is 0 Å². The van der Waals surface area contributed by atoms with Crippen molar-refractivity contribution in [3.05, 3.63) is 0 Å². The first-order valence-electron chi connectivity index (χ1n) is 9.33. The van der Waals surface area contributed by atoms with E-state index in [-0.39, 0.29) is 46.8 Å². The molecule has 24 heavy (non-hydrogen) atoms. The average molecular weight is 334 g/mol. The van der Waals surface area contributed by atoms with Crippen LogP contribution in [-0.4, -0.2) is 24.1 Å². The summed E-state index contributed by atoms with van der Waals surface area (Å²) < 4.78 is 11.7. The smallest absolute Gasteiger partial charge is 0.316 e. The summed E-state index contributed by atoms with van der Waals surface area (Å²) in [6.07, 6.45) is 3.29. The Labute approximate surface area is 144 Å². The normalized spacial score (nSPS) is 47.7. The number of hydrogen-bond acceptors (Lipinski definition) is 4. The molecular formula is C20H30O4. The summed E-state index contributed by atoms with van der Waals surface area (Å²) in [6.45, 7) is 12.8. The third-order valence-corrected chi connectivity index (χ3v) is 7.40. The fourth-order valence-electron chi connectivity index (χ4n) is 6.06. The van der Waals surface area contributed by atoms with Crippen LogP contribution in [0.4, 0.5) is 0 Å². The Kier molecular flexibility index (Phi) is 2.99. The van der Waals surface area contributed by atoms with Crippen LogP contribution in [0.2, 0.25) is 0 Å². The number of carbonyl (C=O) groups is 2. The second kappa shape index (κ2) is 4.37. The highest BCUT2D eigenvalue weighted by atomic mass is 16.6. The molecule has 1 saturated heterocycles. The Bertz CT molecular complexity index is 616. The van der Waals surface area contributed by atoms with Crippen molar-refractivity contribution in [1.82, 2.24) is 0 Å². The molecule has 0 N–H and O–H groups in total. The molecular weight excluding hydrogens is 304 g/mol. The molecule has 2 bridgehead atoms. The highest BCUT2D eigenvalue weighted by molar-refractivity contribution is 5.85. The first kappa shape index (κ1) is 16.4. The van der Waals surface area contributed by atoms with E-state index in [0.29, 0.717) is 0 Å². The van der Waals surface area contributed by atoms with Crippen LogP contribution < -0.4 is 0 Å². The molecule has 6 atom stereocenters. The average Bonchev–Trinajstić information content (AvgIpc) is 2.74. The summed E-state index contributed by atoms with van der Waals surface area (Å²) in [6, 6.07) is 0. The zero-order valence-electron chi connectivity index (χ0n) is 15.8. The highest BCUT2D eigenvalue weighted by Crippen LogP contribution is 2.69. The maximum Gasteiger partial charge on any atom is 0.316 e. The van der Waals surface area contributed by atoms with Gasteiger partial charge in [0.2, 0.25) is 0 Å². The first-order valence-corrected chi connectivity index (χ1v) is 9.33. The van der Waals surface area contributed by atoms with Crippen molar-refractivity contribution in [1.29, 1.82) is 0 Å². The fraction of sp³-hybridized carbons (Fsp3) is 0.900. The van der Waals surface area contributed by atoms with Crippen LogP contribution in [0.5, 0.6) is 0 Å². The lowest BCUT2D eigenvalue weighted by Gasteiger charge is -2.35. The quantitative estimate of drug-likeness (QED) is 0.738. The fourth-order valence-corrected chi connectivity index (χ4v) is 6.06. The molecule has 0 aromatic heterocycles. The molecule has 1 heterocycles. The Morgan fingerprint density at radius 2 is 1.88 bits per heavy atom. The summed E-state index contributed by atoms with van der Waals surface area (Å²) in [5.74, 6) is 0.278. The van der Waals surface area contributed by atoms with Crippen LogP contribution in [0.15, 0.2) is 0 Å². The number of rotatable bonds is 3. The standard InChI is InChI=1S/C20H30O4/c1-17(2,3)9-20(10-18(20,4)5)16(22)24-14-11-7-12-13(8-11)23-15(21)19(12,14)6/h11-14H,7-10H2,1-6H3. The van der Waals surface area contributed by atoms with Crippen molar-refractivity contribution < 1.29 is 19.1 Å². The molecule has 4 nitrogen and oxygen atoms in total. The van der Waals surface area contributed by atoms with E-state index in [1.54, 1.807) is 0 Å². The van der Waals surface area contributed by atoms with Crippen molar-refractivity contribution in [2.75, 3.05) is 0 Å². The zero-order chi connectivity index (χ0) is 17.7. The summed E-state index contributed by atoms with van der Waals surface area (Å²) in [7, 11) is 0. The topological polar surface area (TPSA) is 52.6 Å². The first-order chi connectivity index (χ1) is 10.9. The molecule has 1 aliphatic heterocycles. The number of fused-ring (bicyclic) bond motifs is 1. The van der Waals surface area contributed by atoms with Crippen molar-refractivity contribution in [3.8, 4) is 0 Å². The Balaban J connectivity index is 1.58. The van der Waals surface area contributed by atoms with Gasteiger partial charge in [-0.3, -0.25) is 9.59 Å². The Morgan fingerprint density at radius 1 is 1.25 bits per heavy atom. The van der Waals surface area contributed by atoms with Crippen LogP contribution in [-0.2, 0) is 19.1 Å². The van der Waals surface area contributed by atoms with Crippen LogP contribution in [0, 0.1) is 33.5 Å². The third-order valence-electron chi connectivity index (χ3n) is 7.40. The van der Waals surface area contributed by atoms with Gasteiger partial charge < -0.3 is 9.47 Å². The maximum absolute atomic E-state index is 13.2. The minimum atomic E-state index is -0.620. The van der Waals surface area contributed by atoms with Crippen molar-refractivity contribution >= 4 is 11.9 Å². The van der Waals surface area contributed by atoms with E-state index in [1.807, 2.05) is 6.92 Å². The van der Waals surface area contributed by atoms with Gasteiger partial charge in [-0.1, -0.05) is 34.6 Å². The molecule has 3 aliphatic carbocycles. The second-order valence-corrected chi connectivity index (χ2v) is 10.8. The van der Waals surface area contributed by atoms with E-state index in [0.717, 1.165) is 25.7 Å². The van der Waals surface area contributed by atoms with E-state index in [2.05, 4.69) is 34.6 Å². The third kappa shape index (κ3) is 1.91. The molecule has 4 aliphatic rings. The summed E-state index contributed by atoms with van der Waals surface area (Å²) >= 11 is 0. The van der Waals surface area contributed by atoms with Gasteiger partial charge in [0.05, 0.1) is 5.41 Å². The van der Waals surface area contributed by atoms with Crippen molar-refractivity contribution in [2.24, 2.45) is 33.5 Å². The molecule has 0 radical (unpaired) electrons. The lowest BCUT2D eigenvalue weighted by Crippen LogP contribution is -2.45. The van der Waals surface area contributed by atoms with Gasteiger partial charge in [0.25, 0.3) is 0 Å². The van der Waals surface area contributed by atoms with Crippen molar-refractivity contribution in [2.45, 2.75) is 79.4 Å². The largest absolute Gasteiger partial charge is 0.461 e. The molecule has 3 saturated carbocycles. The maximum atomic E-state index is 13.2. The summed E-state index contributed by atoms with van der Waals surface area (Å²) in [4.78, 5) is 25.6. The number of hydrogen-bond donors (Lipinski definition) is 0. The van der Waals surface area contributed by atoms with E-state index >= 15 is 0 Å². The van der Waals surface area contributed by atoms with Gasteiger partial charge in [-0.05, 0) is 43.4 Å². The Morgan fingerprint density at radius 3 is 2.42 bits per heavy atom. The second-order valence-electron chi connectivity index (χ2n) is 10.8. The molecule has 0 aromatic rings. The van der Waals surface area contributed by atoms with E-state index in [9.17, 15) is 9.59 Å². The van der Waals surface area contributed by atoms with E-state index in [4.69, 9.17) is 9.47 Å². The van der Waals surface area contributed by atoms with Gasteiger partial charge in [-0.2, -0.15) is 0 Å². The number of esters is 2. The van der Waals surface area contributed by atoms with Gasteiger partial charge in [0.15, 0.2) is 0 Å². The molecule has 4 rings (SSSR count). The van der Waals surface area contributed by atoms with Gasteiger partial charge in [-0.15, -0.1) is 0 Å². The molecule has 4 fully saturated rings. The zero-order valence-corrected chi connectivity index (χ0v) is 15.8. The monoisotopic (exact) mass is 334 g/mol. The molecule has 0 spiro atoms. The predicted octanol–water partition coefficient (Wildman–Crippen LogP) is 3.72. The lowest BCUT2D eigenvalue weighted by molar-refractivity contribution is -0.171. The van der Waals surface area contributed by atoms with Gasteiger partial charge in [0, 0.05) is 11.8 Å². The van der Waals surface area contributed by atoms with Crippen LogP contribution in [0.25, 0.3) is 0 Å². The molecule has 0 amide bonds. The van der Waals surface area contributed by atoms with E-state index in [1.165, 1.54) is 0 Å². The minimum absolute atomic E-state index is 0.0192. The highest BCUT2D eigenvalue weighted by Gasteiger charge is 2.73. The predicted molar refractivity (Wildman–Crippen MR) is 89.0 cm³/mol. The molecule has 134 valence electrons. The Hall–Kier alpha value is -1.06. The molecule has 0 aromatic carbocycles. The van der Waals surface area contributed by atoms with Gasteiger partial charge >= 0.3 is 11.9 Å².